The average Bonchev–Trinajstić information content (AvgIpc) is 2.67. The van der Waals surface area contributed by atoms with E-state index in [1.807, 2.05) is 12.1 Å². The molecular formula is C21H26ClN3O2. The summed E-state index contributed by atoms with van der Waals surface area (Å²) >= 11 is 5.94. The minimum Gasteiger partial charge on any atom is -0.340 e. The van der Waals surface area contributed by atoms with Crippen molar-refractivity contribution < 1.29 is 4.79 Å². The molecule has 5 nitrogen and oxygen atoms in total. The highest BCUT2D eigenvalue weighted by atomic mass is 35.5. The molecule has 0 saturated carbocycles. The van der Waals surface area contributed by atoms with Crippen LogP contribution in [0.25, 0.3) is 0 Å². The summed E-state index contributed by atoms with van der Waals surface area (Å²) in [6, 6.07) is 12.7. The lowest BCUT2D eigenvalue weighted by molar-refractivity contribution is 0.0724. The van der Waals surface area contributed by atoms with Crippen molar-refractivity contribution in [3.05, 3.63) is 69.1 Å². The molecule has 1 atom stereocenters. The molecule has 0 bridgehead atoms. The maximum atomic E-state index is 12.5. The molecule has 2 aromatic rings. The SMILES string of the molecule is CN(CC1CCCN(CCc2ccc(Cl)cc2)C1)C(=O)c1cccc(=O)[nH]1. The van der Waals surface area contributed by atoms with Gasteiger partial charge >= 0.3 is 0 Å². The fourth-order valence-electron chi connectivity index (χ4n) is 3.69. The molecule has 1 aromatic carbocycles. The predicted octanol–water partition coefficient (Wildman–Crippen LogP) is 3.06. The van der Waals surface area contributed by atoms with E-state index in [0.29, 0.717) is 18.2 Å². The van der Waals surface area contributed by atoms with Crippen LogP contribution >= 0.6 is 11.6 Å². The van der Waals surface area contributed by atoms with E-state index in [1.54, 1.807) is 24.1 Å². The summed E-state index contributed by atoms with van der Waals surface area (Å²) in [6.45, 7) is 3.82. The number of carbonyl (C=O) groups excluding carboxylic acids is 1. The molecule has 1 aromatic heterocycles. The van der Waals surface area contributed by atoms with Crippen molar-refractivity contribution in [3.63, 3.8) is 0 Å². The van der Waals surface area contributed by atoms with Gasteiger partial charge in [0.2, 0.25) is 5.56 Å². The van der Waals surface area contributed by atoms with Gasteiger partial charge in [-0.1, -0.05) is 29.8 Å². The minimum absolute atomic E-state index is 0.133. The molecule has 1 unspecified atom stereocenters. The number of pyridine rings is 1. The van der Waals surface area contributed by atoms with Gasteiger partial charge in [-0.3, -0.25) is 9.59 Å². The lowest BCUT2D eigenvalue weighted by Crippen LogP contribution is -2.42. The van der Waals surface area contributed by atoms with Crippen molar-refractivity contribution in [2.24, 2.45) is 5.92 Å². The normalized spacial score (nSPS) is 17.6. The molecule has 6 heteroatoms. The number of likely N-dealkylation sites (tertiary alicyclic amines) is 1. The smallest absolute Gasteiger partial charge is 0.270 e. The summed E-state index contributed by atoms with van der Waals surface area (Å²) < 4.78 is 0. The quantitative estimate of drug-likeness (QED) is 0.828. The van der Waals surface area contributed by atoms with Gasteiger partial charge in [-0.15, -0.1) is 0 Å². The van der Waals surface area contributed by atoms with Crippen molar-refractivity contribution >= 4 is 17.5 Å². The van der Waals surface area contributed by atoms with Crippen molar-refractivity contribution in [2.45, 2.75) is 19.3 Å². The Balaban J connectivity index is 1.50. The Morgan fingerprint density at radius 1 is 1.26 bits per heavy atom. The van der Waals surface area contributed by atoms with Crippen LogP contribution in [0.4, 0.5) is 0 Å². The van der Waals surface area contributed by atoms with Crippen LogP contribution in [-0.4, -0.2) is 53.9 Å². The van der Waals surface area contributed by atoms with Gasteiger partial charge in [0, 0.05) is 37.8 Å². The number of hydrogen-bond donors (Lipinski definition) is 1. The number of halogens is 1. The van der Waals surface area contributed by atoms with Gasteiger partial charge < -0.3 is 14.8 Å². The third kappa shape index (κ3) is 5.68. The van der Waals surface area contributed by atoms with Crippen LogP contribution in [-0.2, 0) is 6.42 Å². The van der Waals surface area contributed by atoms with E-state index in [1.165, 1.54) is 11.6 Å². The van der Waals surface area contributed by atoms with E-state index in [2.05, 4.69) is 22.0 Å². The molecule has 1 saturated heterocycles. The van der Waals surface area contributed by atoms with Crippen LogP contribution < -0.4 is 5.56 Å². The van der Waals surface area contributed by atoms with Gasteiger partial charge in [-0.05, 0) is 55.5 Å². The fourth-order valence-corrected chi connectivity index (χ4v) is 3.82. The molecule has 1 amide bonds. The zero-order valence-electron chi connectivity index (χ0n) is 15.7. The molecule has 27 heavy (non-hydrogen) atoms. The zero-order valence-corrected chi connectivity index (χ0v) is 16.4. The summed E-state index contributed by atoms with van der Waals surface area (Å²) in [5.41, 5.74) is 1.39. The summed E-state index contributed by atoms with van der Waals surface area (Å²) in [5, 5.41) is 0.768. The van der Waals surface area contributed by atoms with Gasteiger partial charge in [0.15, 0.2) is 0 Å². The Morgan fingerprint density at radius 3 is 2.78 bits per heavy atom. The number of aromatic amines is 1. The Labute approximate surface area is 164 Å². The van der Waals surface area contributed by atoms with E-state index in [0.717, 1.165) is 43.9 Å². The first-order valence-electron chi connectivity index (χ1n) is 9.43. The van der Waals surface area contributed by atoms with Crippen molar-refractivity contribution in [1.82, 2.24) is 14.8 Å². The van der Waals surface area contributed by atoms with E-state index in [-0.39, 0.29) is 11.5 Å². The molecule has 2 heterocycles. The fraction of sp³-hybridized carbons (Fsp3) is 0.429. The number of nitrogens with one attached hydrogen (secondary N) is 1. The molecule has 1 aliphatic heterocycles. The Hall–Kier alpha value is -2.11. The second kappa shape index (κ2) is 9.20. The van der Waals surface area contributed by atoms with Crippen LogP contribution in [0.2, 0.25) is 5.02 Å². The number of aromatic nitrogens is 1. The highest BCUT2D eigenvalue weighted by Gasteiger charge is 2.23. The number of H-pyrrole nitrogens is 1. The van der Waals surface area contributed by atoms with Gasteiger partial charge in [0.25, 0.3) is 5.91 Å². The standard InChI is InChI=1S/C21H26ClN3O2/c1-24(21(27)19-5-2-6-20(26)23-19)14-17-4-3-12-25(15-17)13-11-16-7-9-18(22)10-8-16/h2,5-10,17H,3-4,11-15H2,1H3,(H,23,26). The molecule has 1 fully saturated rings. The van der Waals surface area contributed by atoms with Crippen LogP contribution in [0.15, 0.2) is 47.3 Å². The number of rotatable bonds is 6. The number of hydrogen-bond acceptors (Lipinski definition) is 3. The van der Waals surface area contributed by atoms with Crippen LogP contribution in [0, 0.1) is 5.92 Å². The van der Waals surface area contributed by atoms with Gasteiger partial charge in [0.1, 0.15) is 5.69 Å². The second-order valence-corrected chi connectivity index (χ2v) is 7.74. The monoisotopic (exact) mass is 387 g/mol. The van der Waals surface area contributed by atoms with Gasteiger partial charge in [0.05, 0.1) is 0 Å². The summed E-state index contributed by atoms with van der Waals surface area (Å²) in [6.07, 6.45) is 3.28. The van der Waals surface area contributed by atoms with Crippen molar-refractivity contribution in [3.8, 4) is 0 Å². The first kappa shape index (κ1) is 19.6. The number of amides is 1. The van der Waals surface area contributed by atoms with Crippen LogP contribution in [0.1, 0.15) is 28.9 Å². The Bertz CT molecular complexity index is 819. The van der Waals surface area contributed by atoms with Gasteiger partial charge in [-0.2, -0.15) is 0 Å². The molecular weight excluding hydrogens is 362 g/mol. The lowest BCUT2D eigenvalue weighted by Gasteiger charge is -2.34. The lowest BCUT2D eigenvalue weighted by atomic mass is 9.97. The Morgan fingerprint density at radius 2 is 2.04 bits per heavy atom. The number of nitrogens with zero attached hydrogens (tertiary/aromatic N) is 2. The Kier molecular flexibility index (Phi) is 6.69. The predicted molar refractivity (Wildman–Crippen MR) is 108 cm³/mol. The average molecular weight is 388 g/mol. The molecule has 3 rings (SSSR count). The first-order chi connectivity index (χ1) is 13.0. The summed E-state index contributed by atoms with van der Waals surface area (Å²) in [4.78, 5) is 30.7. The maximum absolute atomic E-state index is 12.5. The number of carbonyl (C=O) groups is 1. The zero-order chi connectivity index (χ0) is 19.2. The van der Waals surface area contributed by atoms with Crippen molar-refractivity contribution in [1.29, 1.82) is 0 Å². The highest BCUT2D eigenvalue weighted by Crippen LogP contribution is 2.19. The van der Waals surface area contributed by atoms with E-state index in [9.17, 15) is 9.59 Å². The van der Waals surface area contributed by atoms with Crippen LogP contribution in [0.3, 0.4) is 0 Å². The van der Waals surface area contributed by atoms with Gasteiger partial charge in [-0.25, -0.2) is 0 Å². The summed E-state index contributed by atoms with van der Waals surface area (Å²) in [7, 11) is 1.81. The topological polar surface area (TPSA) is 56.4 Å². The van der Waals surface area contributed by atoms with E-state index >= 15 is 0 Å². The largest absolute Gasteiger partial charge is 0.340 e. The molecule has 0 radical (unpaired) electrons. The second-order valence-electron chi connectivity index (χ2n) is 7.30. The summed E-state index contributed by atoms with van der Waals surface area (Å²) in [5.74, 6) is 0.319. The first-order valence-corrected chi connectivity index (χ1v) is 9.80. The van der Waals surface area contributed by atoms with E-state index < -0.39 is 0 Å². The maximum Gasteiger partial charge on any atom is 0.270 e. The van der Waals surface area contributed by atoms with Crippen LogP contribution in [0.5, 0.6) is 0 Å². The minimum atomic E-state index is -0.250. The third-order valence-corrected chi connectivity index (χ3v) is 5.36. The highest BCUT2D eigenvalue weighted by molar-refractivity contribution is 6.30. The molecule has 1 N–H and O–H groups in total. The molecule has 0 spiro atoms. The third-order valence-electron chi connectivity index (χ3n) is 5.11. The molecule has 1 aliphatic rings. The van der Waals surface area contributed by atoms with Crippen molar-refractivity contribution in [2.75, 3.05) is 33.2 Å². The number of benzene rings is 1. The number of piperidine rings is 1. The van der Waals surface area contributed by atoms with E-state index in [4.69, 9.17) is 11.6 Å². The molecule has 144 valence electrons. The molecule has 0 aliphatic carbocycles.